The molecule has 0 bridgehead atoms. The first-order chi connectivity index (χ1) is 13.3. The van der Waals surface area contributed by atoms with Gasteiger partial charge in [-0.2, -0.15) is 0 Å². The van der Waals surface area contributed by atoms with Gasteiger partial charge in [-0.15, -0.1) is 0 Å². The van der Waals surface area contributed by atoms with Gasteiger partial charge in [-0.05, 0) is 52.6 Å². The van der Waals surface area contributed by atoms with Crippen LogP contribution in [0.3, 0.4) is 0 Å². The molecule has 0 unspecified atom stereocenters. The van der Waals surface area contributed by atoms with Crippen molar-refractivity contribution >= 4 is 30.1 Å². The molecule has 1 nitrogen and oxygen atoms in total. The molecule has 4 aromatic rings. The summed E-state index contributed by atoms with van der Waals surface area (Å²) in [7, 11) is 0. The Bertz CT molecular complexity index is 1390. The number of nitrogens with zero attached hydrogens (tertiary/aromatic N) is 1. The summed E-state index contributed by atoms with van der Waals surface area (Å²) in [6.07, 6.45) is 6.66. The summed E-state index contributed by atoms with van der Waals surface area (Å²) in [5, 5.41) is 5.77. The zero-order valence-corrected chi connectivity index (χ0v) is 15.3. The van der Waals surface area contributed by atoms with E-state index < -0.39 is 0 Å². The average molecular weight is 347 g/mol. The van der Waals surface area contributed by atoms with Crippen molar-refractivity contribution in [2.24, 2.45) is 0 Å². The maximum absolute atomic E-state index is 4.52. The van der Waals surface area contributed by atoms with E-state index in [0.717, 1.165) is 29.1 Å². The number of aromatic nitrogens is 1. The zero-order chi connectivity index (χ0) is 18.4. The molecule has 1 heteroatoms. The molecule has 0 saturated carbocycles. The Labute approximate surface area is 158 Å². The Morgan fingerprint density at radius 1 is 0.815 bits per heavy atom. The monoisotopic (exact) mass is 347 g/mol. The van der Waals surface area contributed by atoms with E-state index in [0.29, 0.717) is 0 Å². The van der Waals surface area contributed by atoms with Crippen LogP contribution in [0.1, 0.15) is 17.5 Å². The van der Waals surface area contributed by atoms with E-state index in [1.165, 1.54) is 32.5 Å². The first kappa shape index (κ1) is 15.9. The second-order valence-electron chi connectivity index (χ2n) is 7.12. The predicted octanol–water partition coefficient (Wildman–Crippen LogP) is 4.70. The number of hydrogen-bond donors (Lipinski definition) is 0. The number of hydrogen-bond acceptors (Lipinski definition) is 0. The van der Waals surface area contributed by atoms with Crippen LogP contribution in [-0.2, 0) is 6.42 Å². The number of fused-ring (bicyclic) bond motifs is 3. The Hall–Kier alpha value is -3.32. The molecule has 3 aromatic carbocycles. The van der Waals surface area contributed by atoms with Crippen LogP contribution in [0.15, 0.2) is 72.8 Å². The van der Waals surface area contributed by atoms with Gasteiger partial charge < -0.3 is 4.57 Å². The van der Waals surface area contributed by atoms with Gasteiger partial charge in [0.05, 0.1) is 5.52 Å². The number of benzene rings is 3. The molecule has 0 N–H and O–H groups in total. The Balaban J connectivity index is 2.12. The smallest absolute Gasteiger partial charge is 0.0544 e. The highest BCUT2D eigenvalue weighted by atomic mass is 15.0. The Morgan fingerprint density at radius 2 is 1.59 bits per heavy atom. The van der Waals surface area contributed by atoms with Crippen molar-refractivity contribution in [3.8, 4) is 5.69 Å². The van der Waals surface area contributed by atoms with Crippen LogP contribution in [0.5, 0.6) is 0 Å². The van der Waals surface area contributed by atoms with Crippen molar-refractivity contribution in [2.45, 2.75) is 12.8 Å². The lowest BCUT2D eigenvalue weighted by molar-refractivity contribution is 0.996. The molecular weight excluding hydrogens is 326 g/mol. The van der Waals surface area contributed by atoms with Gasteiger partial charge in [0.2, 0.25) is 0 Å². The number of aryl methyl sites for hydroxylation is 1. The summed E-state index contributed by atoms with van der Waals surface area (Å²) in [5.74, 6) is 0. The van der Waals surface area contributed by atoms with Crippen molar-refractivity contribution in [3.05, 3.63) is 105 Å². The average Bonchev–Trinajstić information content (AvgIpc) is 3.01. The van der Waals surface area contributed by atoms with E-state index in [1.54, 1.807) is 0 Å². The second kappa shape index (κ2) is 6.14. The first-order valence-electron chi connectivity index (χ1n) is 9.41. The van der Waals surface area contributed by atoms with E-state index in [9.17, 15) is 0 Å². The van der Waals surface area contributed by atoms with E-state index in [2.05, 4.69) is 90.5 Å². The summed E-state index contributed by atoms with van der Waals surface area (Å²) in [4.78, 5) is 0. The molecule has 0 aliphatic heterocycles. The van der Waals surface area contributed by atoms with E-state index in [-0.39, 0.29) is 0 Å². The van der Waals surface area contributed by atoms with Crippen molar-refractivity contribution in [3.63, 3.8) is 0 Å². The third kappa shape index (κ3) is 2.39. The maximum atomic E-state index is 4.52. The lowest BCUT2D eigenvalue weighted by Gasteiger charge is -2.13. The van der Waals surface area contributed by atoms with Gasteiger partial charge in [-0.25, -0.2) is 0 Å². The Morgan fingerprint density at radius 3 is 2.41 bits per heavy atom. The largest absolute Gasteiger partial charge is 0.310 e. The minimum absolute atomic E-state index is 1.02. The van der Waals surface area contributed by atoms with Crippen LogP contribution in [0.2, 0.25) is 0 Å². The van der Waals surface area contributed by atoms with Gasteiger partial charge in [0.15, 0.2) is 0 Å². The molecule has 1 aromatic heterocycles. The molecule has 27 heavy (non-hydrogen) atoms. The van der Waals surface area contributed by atoms with Gasteiger partial charge in [0, 0.05) is 21.6 Å². The van der Waals surface area contributed by atoms with Crippen LogP contribution >= 0.6 is 0 Å². The molecule has 0 amide bonds. The molecule has 0 radical (unpaired) electrons. The number of rotatable bonds is 1. The summed E-state index contributed by atoms with van der Waals surface area (Å²) >= 11 is 0. The van der Waals surface area contributed by atoms with Gasteiger partial charge >= 0.3 is 0 Å². The van der Waals surface area contributed by atoms with Crippen molar-refractivity contribution < 1.29 is 0 Å². The standard InChI is InChI=1S/C26H21N/c1-18-10-6-8-14-22(18)25-19(2)27(21-12-4-3-5-13-21)24-17-16-20-11-7-9-15-23(20)26(24)25/h3-8,10-14,16-17H,1-2,9,15H2/b25-22+. The fourth-order valence-electron chi connectivity index (χ4n) is 4.31. The SMILES string of the molecule is C=c1cccc/c1=c1/c(=C)n(-c2ccccc2)c2ccc3c(c12)CCC=C3. The van der Waals surface area contributed by atoms with Gasteiger partial charge in [-0.1, -0.05) is 73.8 Å². The third-order valence-corrected chi connectivity index (χ3v) is 5.54. The lowest BCUT2D eigenvalue weighted by Crippen LogP contribution is -2.14. The molecule has 1 aliphatic rings. The fourth-order valence-corrected chi connectivity index (χ4v) is 4.31. The maximum Gasteiger partial charge on any atom is 0.0544 e. The molecule has 0 fully saturated rings. The zero-order valence-electron chi connectivity index (χ0n) is 15.3. The number of para-hydroxylation sites is 1. The predicted molar refractivity (Wildman–Crippen MR) is 115 cm³/mol. The van der Waals surface area contributed by atoms with Crippen LogP contribution in [-0.4, -0.2) is 4.57 Å². The molecule has 1 heterocycles. The summed E-state index contributed by atoms with van der Waals surface area (Å²) in [6, 6.07) is 23.4. The van der Waals surface area contributed by atoms with Gasteiger partial charge in [0.25, 0.3) is 0 Å². The normalized spacial score (nSPS) is 14.4. The molecular formula is C26H21N. The third-order valence-electron chi connectivity index (χ3n) is 5.54. The highest BCUT2D eigenvalue weighted by Crippen LogP contribution is 2.29. The minimum Gasteiger partial charge on any atom is -0.310 e. The molecule has 0 saturated heterocycles. The van der Waals surface area contributed by atoms with Crippen LogP contribution in [0.4, 0.5) is 0 Å². The Kier molecular flexibility index (Phi) is 3.61. The molecule has 5 rings (SSSR count). The van der Waals surface area contributed by atoms with Crippen LogP contribution in [0.25, 0.3) is 35.8 Å². The van der Waals surface area contributed by atoms with Crippen molar-refractivity contribution in [1.29, 1.82) is 0 Å². The van der Waals surface area contributed by atoms with Gasteiger partial charge in [0.1, 0.15) is 0 Å². The summed E-state index contributed by atoms with van der Waals surface area (Å²) in [6.45, 7) is 8.81. The first-order valence-corrected chi connectivity index (χ1v) is 9.41. The second-order valence-corrected chi connectivity index (χ2v) is 7.12. The van der Waals surface area contributed by atoms with E-state index in [1.807, 2.05) is 6.07 Å². The van der Waals surface area contributed by atoms with Crippen molar-refractivity contribution in [2.75, 3.05) is 0 Å². The summed E-state index contributed by atoms with van der Waals surface area (Å²) in [5.41, 5.74) is 5.11. The summed E-state index contributed by atoms with van der Waals surface area (Å²) < 4.78 is 2.29. The highest BCUT2D eigenvalue weighted by molar-refractivity contribution is 5.90. The van der Waals surface area contributed by atoms with Crippen LogP contribution in [0, 0.1) is 10.4 Å². The van der Waals surface area contributed by atoms with Crippen molar-refractivity contribution in [1.82, 2.24) is 4.57 Å². The molecule has 130 valence electrons. The van der Waals surface area contributed by atoms with E-state index >= 15 is 0 Å². The van der Waals surface area contributed by atoms with E-state index in [4.69, 9.17) is 0 Å². The quantitative estimate of drug-likeness (QED) is 0.470. The highest BCUT2D eigenvalue weighted by Gasteiger charge is 2.16. The molecule has 1 aliphatic carbocycles. The molecule has 0 spiro atoms. The van der Waals surface area contributed by atoms with Gasteiger partial charge in [-0.3, -0.25) is 0 Å². The minimum atomic E-state index is 1.02. The fraction of sp³-hybridized carbons (Fsp3) is 0.0769. The number of allylic oxidation sites excluding steroid dienone is 1. The molecule has 0 atom stereocenters. The van der Waals surface area contributed by atoms with Crippen LogP contribution < -0.4 is 10.6 Å². The lowest BCUT2D eigenvalue weighted by atomic mass is 9.93. The topological polar surface area (TPSA) is 4.93 Å².